The fourth-order valence-corrected chi connectivity index (χ4v) is 2.65. The van der Waals surface area contributed by atoms with Gasteiger partial charge in [0.1, 0.15) is 5.82 Å². The van der Waals surface area contributed by atoms with Crippen LogP contribution in [0.15, 0.2) is 72.8 Å². The minimum atomic E-state index is -0.843. The summed E-state index contributed by atoms with van der Waals surface area (Å²) < 4.78 is 18.8. The van der Waals surface area contributed by atoms with Crippen molar-refractivity contribution in [2.75, 3.05) is 11.9 Å². The Morgan fingerprint density at radius 2 is 1.69 bits per heavy atom. The number of nitrogens with zero attached hydrogens (tertiary/aromatic N) is 1. The Morgan fingerprint density at radius 3 is 2.41 bits per heavy atom. The summed E-state index contributed by atoms with van der Waals surface area (Å²) in [5.41, 5.74) is 0.972. The number of nitro groups is 1. The lowest BCUT2D eigenvalue weighted by Gasteiger charge is -2.10. The van der Waals surface area contributed by atoms with Crippen LogP contribution in [0.2, 0.25) is 0 Å². The normalized spacial score (nSPS) is 10.2. The molecular weight excluding hydrogens is 379 g/mol. The molecular formula is C21H15FN2O5. The summed E-state index contributed by atoms with van der Waals surface area (Å²) in [6.45, 7) is -0.676. The summed E-state index contributed by atoms with van der Waals surface area (Å²) in [6.07, 6.45) is 0. The van der Waals surface area contributed by atoms with E-state index < -0.39 is 29.2 Å². The third-order valence-corrected chi connectivity index (χ3v) is 4.00. The fourth-order valence-electron chi connectivity index (χ4n) is 2.65. The van der Waals surface area contributed by atoms with Crippen molar-refractivity contribution in [1.82, 2.24) is 0 Å². The van der Waals surface area contributed by atoms with Crippen LogP contribution in [0, 0.1) is 15.9 Å². The number of hydrogen-bond acceptors (Lipinski definition) is 5. The number of benzene rings is 3. The molecule has 8 heteroatoms. The number of carbonyl (C=O) groups excluding carboxylic acids is 2. The van der Waals surface area contributed by atoms with Crippen molar-refractivity contribution in [1.29, 1.82) is 0 Å². The number of nitrogens with one attached hydrogen (secondary N) is 1. The fraction of sp³-hybridized carbons (Fsp3) is 0.0476. The van der Waals surface area contributed by atoms with Crippen LogP contribution in [-0.2, 0) is 9.53 Å². The molecule has 0 aliphatic rings. The zero-order valence-corrected chi connectivity index (χ0v) is 15.0. The van der Waals surface area contributed by atoms with Gasteiger partial charge in [-0.25, -0.2) is 9.18 Å². The quantitative estimate of drug-likeness (QED) is 0.384. The van der Waals surface area contributed by atoms with Crippen molar-refractivity contribution < 1.29 is 23.6 Å². The highest BCUT2D eigenvalue weighted by atomic mass is 19.1. The molecule has 0 aromatic heterocycles. The van der Waals surface area contributed by atoms with Crippen LogP contribution in [0.4, 0.5) is 15.8 Å². The second kappa shape index (κ2) is 8.75. The molecule has 0 radical (unpaired) electrons. The van der Waals surface area contributed by atoms with E-state index in [-0.39, 0.29) is 16.9 Å². The zero-order valence-electron chi connectivity index (χ0n) is 15.0. The topological polar surface area (TPSA) is 98.5 Å². The molecule has 0 aliphatic heterocycles. The van der Waals surface area contributed by atoms with Crippen LogP contribution in [0.25, 0.3) is 11.1 Å². The number of nitro benzene ring substituents is 1. The predicted molar refractivity (Wildman–Crippen MR) is 104 cm³/mol. The maximum atomic E-state index is 13.8. The molecule has 1 amide bonds. The van der Waals surface area contributed by atoms with Crippen molar-refractivity contribution in [3.8, 4) is 11.1 Å². The lowest BCUT2D eigenvalue weighted by atomic mass is 10.00. The van der Waals surface area contributed by atoms with Crippen molar-refractivity contribution in [3.63, 3.8) is 0 Å². The van der Waals surface area contributed by atoms with Gasteiger partial charge < -0.3 is 10.1 Å². The van der Waals surface area contributed by atoms with Gasteiger partial charge in [-0.05, 0) is 23.3 Å². The molecule has 1 N–H and O–H groups in total. The number of non-ortho nitro benzene ring substituents is 1. The van der Waals surface area contributed by atoms with Gasteiger partial charge in [-0.1, -0.05) is 48.5 Å². The van der Waals surface area contributed by atoms with Gasteiger partial charge in [0.2, 0.25) is 0 Å². The van der Waals surface area contributed by atoms with Crippen LogP contribution in [0.5, 0.6) is 0 Å². The lowest BCUT2D eigenvalue weighted by Crippen LogP contribution is -2.21. The van der Waals surface area contributed by atoms with Gasteiger partial charge in [-0.15, -0.1) is 0 Å². The highest BCUT2D eigenvalue weighted by molar-refractivity contribution is 5.99. The van der Waals surface area contributed by atoms with Crippen LogP contribution in [-0.4, -0.2) is 23.4 Å². The Labute approximate surface area is 164 Å². The van der Waals surface area contributed by atoms with E-state index in [2.05, 4.69) is 5.32 Å². The van der Waals surface area contributed by atoms with Crippen molar-refractivity contribution >= 4 is 23.3 Å². The number of amides is 1. The SMILES string of the molecule is O=C(COC(=O)c1ccccc1-c1ccccc1)Nc1cc([N+](=O)[O-])ccc1F. The maximum absolute atomic E-state index is 13.8. The van der Waals surface area contributed by atoms with Gasteiger partial charge in [0.15, 0.2) is 6.61 Å². The van der Waals surface area contributed by atoms with Crippen LogP contribution in [0.1, 0.15) is 10.4 Å². The van der Waals surface area contributed by atoms with E-state index in [1.807, 2.05) is 30.3 Å². The number of ether oxygens (including phenoxy) is 1. The molecule has 7 nitrogen and oxygen atoms in total. The van der Waals surface area contributed by atoms with Gasteiger partial charge in [0.05, 0.1) is 16.2 Å². The molecule has 3 rings (SSSR count). The first-order valence-corrected chi connectivity index (χ1v) is 8.51. The van der Waals surface area contributed by atoms with E-state index in [0.717, 1.165) is 23.8 Å². The molecule has 0 saturated heterocycles. The van der Waals surface area contributed by atoms with E-state index in [9.17, 15) is 24.1 Å². The van der Waals surface area contributed by atoms with E-state index in [1.54, 1.807) is 24.3 Å². The summed E-state index contributed by atoms with van der Waals surface area (Å²) in [4.78, 5) is 34.5. The lowest BCUT2D eigenvalue weighted by molar-refractivity contribution is -0.384. The average Bonchev–Trinajstić information content (AvgIpc) is 2.74. The van der Waals surface area contributed by atoms with Crippen LogP contribution in [0.3, 0.4) is 0 Å². The average molecular weight is 394 g/mol. The number of halogens is 1. The summed E-state index contributed by atoms with van der Waals surface area (Å²) >= 11 is 0. The minimum absolute atomic E-state index is 0.271. The molecule has 0 bridgehead atoms. The van der Waals surface area contributed by atoms with Gasteiger partial charge in [0.25, 0.3) is 11.6 Å². The first-order valence-electron chi connectivity index (χ1n) is 8.51. The molecule has 29 heavy (non-hydrogen) atoms. The number of esters is 1. The largest absolute Gasteiger partial charge is 0.452 e. The molecule has 0 aliphatic carbocycles. The predicted octanol–water partition coefficient (Wildman–Crippen LogP) is 4.20. The van der Waals surface area contributed by atoms with Crippen molar-refractivity contribution in [3.05, 3.63) is 94.3 Å². The number of carbonyl (C=O) groups is 2. The Balaban J connectivity index is 1.68. The molecule has 0 fully saturated rings. The summed E-state index contributed by atoms with van der Waals surface area (Å²) in [5, 5.41) is 12.9. The Bertz CT molecular complexity index is 1070. The van der Waals surface area contributed by atoms with Crippen molar-refractivity contribution in [2.45, 2.75) is 0 Å². The van der Waals surface area contributed by atoms with Gasteiger partial charge in [-0.2, -0.15) is 0 Å². The van der Waals surface area contributed by atoms with Crippen molar-refractivity contribution in [2.24, 2.45) is 0 Å². The highest BCUT2D eigenvalue weighted by Crippen LogP contribution is 2.24. The van der Waals surface area contributed by atoms with E-state index in [0.29, 0.717) is 5.56 Å². The molecule has 0 atom stereocenters. The number of rotatable bonds is 6. The first-order chi connectivity index (χ1) is 14.0. The second-order valence-electron chi connectivity index (χ2n) is 5.96. The summed E-state index contributed by atoms with van der Waals surface area (Å²) in [7, 11) is 0. The maximum Gasteiger partial charge on any atom is 0.339 e. The second-order valence-corrected chi connectivity index (χ2v) is 5.96. The third kappa shape index (κ3) is 4.81. The number of hydrogen-bond donors (Lipinski definition) is 1. The van der Waals surface area contributed by atoms with E-state index in [4.69, 9.17) is 4.74 Å². The van der Waals surface area contributed by atoms with E-state index in [1.165, 1.54) is 0 Å². The summed E-state index contributed by atoms with van der Waals surface area (Å²) in [6, 6.07) is 18.7. The Kier molecular flexibility index (Phi) is 5.94. The third-order valence-electron chi connectivity index (χ3n) is 4.00. The van der Waals surface area contributed by atoms with Crippen LogP contribution >= 0.6 is 0 Å². The zero-order chi connectivity index (χ0) is 20.8. The standard InChI is InChI=1S/C21H15FN2O5/c22-18-11-10-15(24(27)28)12-19(18)23-20(25)13-29-21(26)17-9-5-4-8-16(17)14-6-2-1-3-7-14/h1-12H,13H2,(H,23,25). The molecule has 0 saturated carbocycles. The molecule has 146 valence electrons. The molecule has 0 unspecified atom stereocenters. The number of anilines is 1. The first kappa shape index (κ1) is 19.7. The van der Waals surface area contributed by atoms with Gasteiger partial charge >= 0.3 is 5.97 Å². The molecule has 0 spiro atoms. The van der Waals surface area contributed by atoms with Gasteiger partial charge in [0, 0.05) is 12.1 Å². The Hall–Kier alpha value is -4.07. The molecule has 0 heterocycles. The smallest absolute Gasteiger partial charge is 0.339 e. The minimum Gasteiger partial charge on any atom is -0.452 e. The monoisotopic (exact) mass is 394 g/mol. The summed E-state index contributed by atoms with van der Waals surface area (Å²) in [5.74, 6) is -2.39. The van der Waals surface area contributed by atoms with Gasteiger partial charge in [-0.3, -0.25) is 14.9 Å². The molecule has 3 aromatic carbocycles. The highest BCUT2D eigenvalue weighted by Gasteiger charge is 2.17. The molecule has 3 aromatic rings. The Morgan fingerprint density at radius 1 is 1.00 bits per heavy atom. The van der Waals surface area contributed by atoms with Crippen LogP contribution < -0.4 is 5.32 Å². The van der Waals surface area contributed by atoms with E-state index >= 15 is 0 Å².